The Balaban J connectivity index is 2.46. The monoisotopic (exact) mass is 169 g/mol. The molecule has 0 spiro atoms. The second-order valence-corrected chi connectivity index (χ2v) is 3.24. The van der Waals surface area contributed by atoms with Crippen molar-refractivity contribution in [3.8, 4) is 0 Å². The zero-order chi connectivity index (χ0) is 8.97. The standard InChI is InChI=1S/C9H15NO2/c1-2-7-5-3-4-6-8(7)10-9(11)12/h2,7-8,10H,1,3-6H2,(H,11,12)/t7-,8-/m1/s1. The molecule has 0 heterocycles. The summed E-state index contributed by atoms with van der Waals surface area (Å²) in [5, 5.41) is 11.1. The Hall–Kier alpha value is -0.990. The van der Waals surface area contributed by atoms with Crippen LogP contribution in [0.15, 0.2) is 12.7 Å². The Kier molecular flexibility index (Phi) is 3.14. The van der Waals surface area contributed by atoms with Gasteiger partial charge in [-0.15, -0.1) is 6.58 Å². The van der Waals surface area contributed by atoms with Gasteiger partial charge in [-0.05, 0) is 18.8 Å². The largest absolute Gasteiger partial charge is 0.465 e. The van der Waals surface area contributed by atoms with Gasteiger partial charge in [0.05, 0.1) is 0 Å². The summed E-state index contributed by atoms with van der Waals surface area (Å²) < 4.78 is 0. The number of carbonyl (C=O) groups is 1. The maximum Gasteiger partial charge on any atom is 0.404 e. The number of rotatable bonds is 2. The Morgan fingerprint density at radius 1 is 1.50 bits per heavy atom. The van der Waals surface area contributed by atoms with E-state index in [1.807, 2.05) is 6.08 Å². The molecule has 0 saturated heterocycles. The second-order valence-electron chi connectivity index (χ2n) is 3.24. The molecule has 1 aliphatic carbocycles. The number of carboxylic acid groups (broad SMARTS) is 1. The lowest BCUT2D eigenvalue weighted by Gasteiger charge is -2.28. The van der Waals surface area contributed by atoms with Gasteiger partial charge in [0.1, 0.15) is 0 Å². The molecule has 3 heteroatoms. The van der Waals surface area contributed by atoms with E-state index in [1.54, 1.807) is 0 Å². The quantitative estimate of drug-likeness (QED) is 0.621. The van der Waals surface area contributed by atoms with Crippen LogP contribution in [0.4, 0.5) is 4.79 Å². The van der Waals surface area contributed by atoms with E-state index in [2.05, 4.69) is 11.9 Å². The summed E-state index contributed by atoms with van der Waals surface area (Å²) in [4.78, 5) is 10.4. The molecular formula is C9H15NO2. The molecule has 1 saturated carbocycles. The molecule has 0 aromatic carbocycles. The van der Waals surface area contributed by atoms with Crippen molar-refractivity contribution >= 4 is 6.09 Å². The van der Waals surface area contributed by atoms with Gasteiger partial charge in [0, 0.05) is 6.04 Å². The first-order valence-electron chi connectivity index (χ1n) is 4.36. The van der Waals surface area contributed by atoms with Crippen LogP contribution < -0.4 is 5.32 Å². The van der Waals surface area contributed by atoms with Gasteiger partial charge in [0.15, 0.2) is 0 Å². The van der Waals surface area contributed by atoms with E-state index in [-0.39, 0.29) is 6.04 Å². The van der Waals surface area contributed by atoms with Crippen LogP contribution in [0.25, 0.3) is 0 Å². The normalized spacial score (nSPS) is 29.3. The van der Waals surface area contributed by atoms with Crippen LogP contribution in [-0.2, 0) is 0 Å². The highest BCUT2D eigenvalue weighted by atomic mass is 16.4. The van der Waals surface area contributed by atoms with Gasteiger partial charge in [0.25, 0.3) is 0 Å². The van der Waals surface area contributed by atoms with E-state index in [9.17, 15) is 4.79 Å². The van der Waals surface area contributed by atoms with Crippen LogP contribution in [0.2, 0.25) is 0 Å². The van der Waals surface area contributed by atoms with E-state index < -0.39 is 6.09 Å². The average molecular weight is 169 g/mol. The first-order valence-corrected chi connectivity index (χ1v) is 4.36. The first kappa shape index (κ1) is 9.10. The summed E-state index contributed by atoms with van der Waals surface area (Å²) in [5.74, 6) is 0.329. The van der Waals surface area contributed by atoms with Gasteiger partial charge in [-0.2, -0.15) is 0 Å². The Morgan fingerprint density at radius 2 is 2.17 bits per heavy atom. The third-order valence-electron chi connectivity index (χ3n) is 2.43. The van der Waals surface area contributed by atoms with E-state index in [1.165, 1.54) is 6.42 Å². The lowest BCUT2D eigenvalue weighted by atomic mass is 9.85. The number of hydrogen-bond acceptors (Lipinski definition) is 1. The van der Waals surface area contributed by atoms with Gasteiger partial charge in [-0.25, -0.2) is 4.79 Å². The molecule has 0 aromatic rings. The Morgan fingerprint density at radius 3 is 2.75 bits per heavy atom. The van der Waals surface area contributed by atoms with Crippen molar-refractivity contribution in [2.45, 2.75) is 31.7 Å². The second kappa shape index (κ2) is 4.14. The highest BCUT2D eigenvalue weighted by Gasteiger charge is 2.23. The maximum absolute atomic E-state index is 10.4. The number of nitrogens with one attached hydrogen (secondary N) is 1. The van der Waals surface area contributed by atoms with Gasteiger partial charge >= 0.3 is 6.09 Å². The van der Waals surface area contributed by atoms with E-state index >= 15 is 0 Å². The van der Waals surface area contributed by atoms with Gasteiger partial charge in [-0.3, -0.25) is 0 Å². The minimum absolute atomic E-state index is 0.0914. The van der Waals surface area contributed by atoms with Crippen molar-refractivity contribution in [2.24, 2.45) is 5.92 Å². The summed E-state index contributed by atoms with van der Waals surface area (Å²) in [6.45, 7) is 3.71. The topological polar surface area (TPSA) is 49.3 Å². The Labute approximate surface area is 72.5 Å². The smallest absolute Gasteiger partial charge is 0.404 e. The van der Waals surface area contributed by atoms with E-state index in [0.29, 0.717) is 5.92 Å². The first-order chi connectivity index (χ1) is 5.74. The number of hydrogen-bond donors (Lipinski definition) is 2. The molecule has 2 atom stereocenters. The highest BCUT2D eigenvalue weighted by molar-refractivity contribution is 5.64. The van der Waals surface area contributed by atoms with Crippen LogP contribution >= 0.6 is 0 Å². The number of amides is 1. The molecule has 0 aliphatic heterocycles. The zero-order valence-corrected chi connectivity index (χ0v) is 7.12. The maximum atomic E-state index is 10.4. The molecule has 0 bridgehead atoms. The van der Waals surface area contributed by atoms with E-state index in [4.69, 9.17) is 5.11 Å². The van der Waals surface area contributed by atoms with Crippen LogP contribution in [0.3, 0.4) is 0 Å². The van der Waals surface area contributed by atoms with Crippen LogP contribution in [0.5, 0.6) is 0 Å². The molecule has 12 heavy (non-hydrogen) atoms. The van der Waals surface area contributed by atoms with Crippen molar-refractivity contribution in [3.63, 3.8) is 0 Å². The van der Waals surface area contributed by atoms with Crippen molar-refractivity contribution in [3.05, 3.63) is 12.7 Å². The van der Waals surface area contributed by atoms with Gasteiger partial charge in [0.2, 0.25) is 0 Å². The minimum Gasteiger partial charge on any atom is -0.465 e. The third-order valence-corrected chi connectivity index (χ3v) is 2.43. The van der Waals surface area contributed by atoms with Crippen molar-refractivity contribution in [2.75, 3.05) is 0 Å². The lowest BCUT2D eigenvalue weighted by Crippen LogP contribution is -2.40. The van der Waals surface area contributed by atoms with Crippen molar-refractivity contribution < 1.29 is 9.90 Å². The minimum atomic E-state index is -0.922. The molecule has 68 valence electrons. The summed E-state index contributed by atoms with van der Waals surface area (Å²) in [7, 11) is 0. The molecular weight excluding hydrogens is 154 g/mol. The fourth-order valence-corrected chi connectivity index (χ4v) is 1.78. The van der Waals surface area contributed by atoms with Crippen LogP contribution in [0.1, 0.15) is 25.7 Å². The molecule has 1 aliphatic rings. The van der Waals surface area contributed by atoms with Crippen LogP contribution in [0, 0.1) is 5.92 Å². The fraction of sp³-hybridized carbons (Fsp3) is 0.667. The average Bonchev–Trinajstić information content (AvgIpc) is 2.04. The summed E-state index contributed by atoms with van der Waals surface area (Å²) in [6, 6.07) is 0.0914. The zero-order valence-electron chi connectivity index (χ0n) is 7.12. The predicted octanol–water partition coefficient (Wildman–Crippen LogP) is 2.00. The third kappa shape index (κ3) is 2.26. The molecule has 1 rings (SSSR count). The molecule has 1 fully saturated rings. The van der Waals surface area contributed by atoms with Gasteiger partial charge in [-0.1, -0.05) is 18.9 Å². The van der Waals surface area contributed by atoms with E-state index in [0.717, 1.165) is 19.3 Å². The molecule has 0 aromatic heterocycles. The molecule has 2 N–H and O–H groups in total. The predicted molar refractivity (Wildman–Crippen MR) is 47.1 cm³/mol. The summed E-state index contributed by atoms with van der Waals surface area (Å²) >= 11 is 0. The summed E-state index contributed by atoms with van der Waals surface area (Å²) in [6.07, 6.45) is 5.26. The van der Waals surface area contributed by atoms with Crippen molar-refractivity contribution in [1.82, 2.24) is 5.32 Å². The molecule has 3 nitrogen and oxygen atoms in total. The SMILES string of the molecule is C=C[C@@H]1CCCC[C@H]1NC(=O)O. The highest BCUT2D eigenvalue weighted by Crippen LogP contribution is 2.24. The molecule has 0 radical (unpaired) electrons. The molecule has 1 amide bonds. The molecule has 0 unspecified atom stereocenters. The summed E-state index contributed by atoms with van der Waals surface area (Å²) in [5.41, 5.74) is 0. The van der Waals surface area contributed by atoms with Crippen molar-refractivity contribution in [1.29, 1.82) is 0 Å². The van der Waals surface area contributed by atoms with Crippen LogP contribution in [-0.4, -0.2) is 17.2 Å². The lowest BCUT2D eigenvalue weighted by molar-refractivity contribution is 0.181. The fourth-order valence-electron chi connectivity index (χ4n) is 1.78. The Bertz CT molecular complexity index is 179. The van der Waals surface area contributed by atoms with Gasteiger partial charge < -0.3 is 10.4 Å².